The van der Waals surface area contributed by atoms with Crippen LogP contribution in [-0.2, 0) is 4.74 Å². The van der Waals surface area contributed by atoms with Crippen LogP contribution in [-0.4, -0.2) is 50.9 Å². The van der Waals surface area contributed by atoms with Crippen LogP contribution in [0, 0.1) is 0 Å². The lowest BCUT2D eigenvalue weighted by Crippen LogP contribution is -2.31. The lowest BCUT2D eigenvalue weighted by molar-refractivity contribution is 0.104. The van der Waals surface area contributed by atoms with E-state index in [0.717, 1.165) is 13.0 Å². The molecule has 7 nitrogen and oxygen atoms in total. The summed E-state index contributed by atoms with van der Waals surface area (Å²) >= 11 is 0. The van der Waals surface area contributed by atoms with Crippen LogP contribution in [0.2, 0.25) is 0 Å². The maximum absolute atomic E-state index is 11.7. The summed E-state index contributed by atoms with van der Waals surface area (Å²) in [5, 5.41) is 5.47. The van der Waals surface area contributed by atoms with Crippen LogP contribution in [0.3, 0.4) is 0 Å². The Morgan fingerprint density at radius 3 is 2.45 bits per heavy atom. The van der Waals surface area contributed by atoms with Crippen LogP contribution in [0.15, 0.2) is 24.3 Å². The summed E-state index contributed by atoms with van der Waals surface area (Å²) in [6, 6.07) is 6.19. The van der Waals surface area contributed by atoms with Gasteiger partial charge in [-0.2, -0.15) is 0 Å². The minimum Gasteiger partial charge on any atom is -0.434 e. The molecule has 2 amide bonds. The van der Waals surface area contributed by atoms with Crippen molar-refractivity contribution in [2.45, 2.75) is 13.3 Å². The molecule has 1 rings (SSSR count). The topological polar surface area (TPSA) is 79.9 Å². The van der Waals surface area contributed by atoms with Gasteiger partial charge < -0.3 is 25.0 Å². The number of urea groups is 1. The molecule has 122 valence electrons. The van der Waals surface area contributed by atoms with Gasteiger partial charge in [0.2, 0.25) is 0 Å². The monoisotopic (exact) mass is 309 g/mol. The third-order valence-electron chi connectivity index (χ3n) is 2.64. The molecule has 1 aromatic carbocycles. The average Bonchev–Trinajstić information content (AvgIpc) is 2.46. The largest absolute Gasteiger partial charge is 0.513 e. The Labute approximate surface area is 130 Å². The van der Waals surface area contributed by atoms with Gasteiger partial charge in [-0.3, -0.25) is 0 Å². The number of hydrogen-bond acceptors (Lipinski definition) is 5. The van der Waals surface area contributed by atoms with Crippen LogP contribution in [0.25, 0.3) is 0 Å². The van der Waals surface area contributed by atoms with Gasteiger partial charge >= 0.3 is 12.2 Å². The molecule has 7 heteroatoms. The van der Waals surface area contributed by atoms with Gasteiger partial charge in [0.25, 0.3) is 0 Å². The molecule has 0 heterocycles. The van der Waals surface area contributed by atoms with Crippen molar-refractivity contribution in [3.05, 3.63) is 24.3 Å². The maximum Gasteiger partial charge on any atom is 0.513 e. The number of hydrogen-bond donors (Lipinski definition) is 2. The van der Waals surface area contributed by atoms with E-state index in [1.807, 2.05) is 14.1 Å². The van der Waals surface area contributed by atoms with E-state index in [9.17, 15) is 9.59 Å². The van der Waals surface area contributed by atoms with Crippen molar-refractivity contribution >= 4 is 17.9 Å². The first-order chi connectivity index (χ1) is 10.5. The lowest BCUT2D eigenvalue weighted by atomic mass is 10.3. The van der Waals surface area contributed by atoms with Crippen molar-refractivity contribution in [1.29, 1.82) is 0 Å². The first-order valence-electron chi connectivity index (χ1n) is 7.15. The molecule has 0 aromatic heterocycles. The Kier molecular flexibility index (Phi) is 7.77. The third-order valence-corrected chi connectivity index (χ3v) is 2.64. The second kappa shape index (κ2) is 9.62. The van der Waals surface area contributed by atoms with Crippen molar-refractivity contribution < 1.29 is 19.1 Å². The van der Waals surface area contributed by atoms with Crippen LogP contribution in [0.4, 0.5) is 15.3 Å². The highest BCUT2D eigenvalue weighted by Gasteiger charge is 2.05. The summed E-state index contributed by atoms with van der Waals surface area (Å²) in [6.45, 7) is 3.48. The summed E-state index contributed by atoms with van der Waals surface area (Å²) in [4.78, 5) is 24.9. The van der Waals surface area contributed by atoms with Gasteiger partial charge in [0.05, 0.1) is 6.61 Å². The van der Waals surface area contributed by atoms with Crippen molar-refractivity contribution in [2.75, 3.05) is 39.1 Å². The Bertz CT molecular complexity index is 474. The molecule has 22 heavy (non-hydrogen) atoms. The zero-order chi connectivity index (χ0) is 16.4. The summed E-state index contributed by atoms with van der Waals surface area (Å²) in [5.74, 6) is 0.357. The number of benzene rings is 1. The number of rotatable bonds is 7. The second-order valence-corrected chi connectivity index (χ2v) is 4.85. The van der Waals surface area contributed by atoms with E-state index in [-0.39, 0.29) is 12.6 Å². The predicted octanol–water partition coefficient (Wildman–Crippen LogP) is 2.30. The molecule has 0 fully saturated rings. The standard InChI is InChI=1S/C15H23N3O4/c1-4-21-15(20)22-13-8-6-12(7-9-13)17-14(19)16-10-5-11-18(2)3/h6-9H,4-5,10-11H2,1-3H3,(H2,16,17,19). The van der Waals surface area contributed by atoms with Crippen molar-refractivity contribution in [2.24, 2.45) is 0 Å². The van der Waals surface area contributed by atoms with E-state index >= 15 is 0 Å². The highest BCUT2D eigenvalue weighted by molar-refractivity contribution is 5.89. The van der Waals surface area contributed by atoms with E-state index in [4.69, 9.17) is 4.74 Å². The number of carbonyl (C=O) groups excluding carboxylic acids is 2. The number of anilines is 1. The van der Waals surface area contributed by atoms with Gasteiger partial charge in [-0.05, 0) is 58.3 Å². The van der Waals surface area contributed by atoms with E-state index < -0.39 is 6.16 Å². The third kappa shape index (κ3) is 7.49. The summed E-state index contributed by atoms with van der Waals surface area (Å²) in [7, 11) is 3.97. The van der Waals surface area contributed by atoms with Crippen LogP contribution in [0.1, 0.15) is 13.3 Å². The summed E-state index contributed by atoms with van der Waals surface area (Å²) < 4.78 is 9.59. The molecule has 0 aliphatic rings. The van der Waals surface area contributed by atoms with Gasteiger partial charge in [0, 0.05) is 12.2 Å². The zero-order valence-corrected chi connectivity index (χ0v) is 13.2. The SMILES string of the molecule is CCOC(=O)Oc1ccc(NC(=O)NCCCN(C)C)cc1. The van der Waals surface area contributed by atoms with Crippen molar-refractivity contribution in [3.8, 4) is 5.75 Å². The summed E-state index contributed by atoms with van der Waals surface area (Å²) in [5.41, 5.74) is 0.612. The van der Waals surface area contributed by atoms with Crippen LogP contribution < -0.4 is 15.4 Å². The molecule has 0 unspecified atom stereocenters. The maximum atomic E-state index is 11.7. The molecule has 0 aliphatic heterocycles. The normalized spacial score (nSPS) is 10.2. The zero-order valence-electron chi connectivity index (χ0n) is 13.2. The molecule has 0 atom stereocenters. The minimum atomic E-state index is -0.748. The molecule has 1 aromatic rings. The molecule has 0 aliphatic carbocycles. The molecule has 0 radical (unpaired) electrons. The van der Waals surface area contributed by atoms with E-state index in [1.165, 1.54) is 0 Å². The number of nitrogens with zero attached hydrogens (tertiary/aromatic N) is 1. The van der Waals surface area contributed by atoms with E-state index in [2.05, 4.69) is 20.3 Å². The Morgan fingerprint density at radius 1 is 1.18 bits per heavy atom. The summed E-state index contributed by atoms with van der Waals surface area (Å²) in [6.07, 6.45) is 0.133. The fraction of sp³-hybridized carbons (Fsp3) is 0.467. The smallest absolute Gasteiger partial charge is 0.434 e. The van der Waals surface area contributed by atoms with Gasteiger partial charge in [0.1, 0.15) is 5.75 Å². The fourth-order valence-electron chi connectivity index (χ4n) is 1.62. The average molecular weight is 309 g/mol. The Balaban J connectivity index is 2.34. The van der Waals surface area contributed by atoms with Gasteiger partial charge in [0.15, 0.2) is 0 Å². The molecule has 2 N–H and O–H groups in total. The molecule has 0 saturated heterocycles. The van der Waals surface area contributed by atoms with Gasteiger partial charge in [-0.25, -0.2) is 9.59 Å². The van der Waals surface area contributed by atoms with E-state index in [1.54, 1.807) is 31.2 Å². The molecular formula is C15H23N3O4. The molecular weight excluding hydrogens is 286 g/mol. The van der Waals surface area contributed by atoms with Crippen LogP contribution >= 0.6 is 0 Å². The molecule has 0 saturated carbocycles. The second-order valence-electron chi connectivity index (χ2n) is 4.85. The van der Waals surface area contributed by atoms with Crippen LogP contribution in [0.5, 0.6) is 5.75 Å². The number of nitrogens with one attached hydrogen (secondary N) is 2. The highest BCUT2D eigenvalue weighted by Crippen LogP contribution is 2.16. The highest BCUT2D eigenvalue weighted by atomic mass is 16.7. The Hall–Kier alpha value is -2.28. The fourth-order valence-corrected chi connectivity index (χ4v) is 1.62. The van der Waals surface area contributed by atoms with Crippen molar-refractivity contribution in [1.82, 2.24) is 10.2 Å². The van der Waals surface area contributed by atoms with Crippen molar-refractivity contribution in [3.63, 3.8) is 0 Å². The predicted molar refractivity (Wildman–Crippen MR) is 84.3 cm³/mol. The quantitative estimate of drug-likeness (QED) is 0.459. The first kappa shape index (κ1) is 17.8. The molecule has 0 bridgehead atoms. The number of ether oxygens (including phenoxy) is 2. The minimum absolute atomic E-state index is 0.256. The van der Waals surface area contributed by atoms with Gasteiger partial charge in [-0.15, -0.1) is 0 Å². The number of carbonyl (C=O) groups is 2. The van der Waals surface area contributed by atoms with E-state index in [0.29, 0.717) is 18.0 Å². The number of amides is 2. The molecule has 0 spiro atoms. The Morgan fingerprint density at radius 2 is 1.86 bits per heavy atom. The van der Waals surface area contributed by atoms with Gasteiger partial charge in [-0.1, -0.05) is 0 Å². The lowest BCUT2D eigenvalue weighted by Gasteiger charge is -2.11. The first-order valence-corrected chi connectivity index (χ1v) is 7.15.